The molecule has 102 valence electrons. The lowest BCUT2D eigenvalue weighted by molar-refractivity contribution is 0.444. The van der Waals surface area contributed by atoms with Crippen molar-refractivity contribution >= 4 is 23.2 Å². The molecule has 4 heteroatoms. The van der Waals surface area contributed by atoms with E-state index in [0.717, 1.165) is 12.8 Å². The molecule has 0 aliphatic rings. The van der Waals surface area contributed by atoms with Crippen LogP contribution in [0, 0.1) is 11.7 Å². The van der Waals surface area contributed by atoms with Gasteiger partial charge in [0.1, 0.15) is 5.82 Å². The number of alkyl halides is 1. The Morgan fingerprint density at radius 3 is 2.50 bits per heavy atom. The summed E-state index contributed by atoms with van der Waals surface area (Å²) in [6.45, 7) is 5.35. The molecule has 1 rings (SSSR count). The van der Waals surface area contributed by atoms with Crippen LogP contribution in [0.25, 0.3) is 0 Å². The monoisotopic (exact) mass is 291 g/mol. The van der Waals surface area contributed by atoms with Crippen molar-refractivity contribution in [2.75, 3.05) is 6.54 Å². The highest BCUT2D eigenvalue weighted by atomic mass is 35.5. The van der Waals surface area contributed by atoms with E-state index in [9.17, 15) is 4.39 Å². The maximum atomic E-state index is 13.5. The molecular formula is C14H20Cl2FN. The molecule has 0 saturated carbocycles. The number of hydrogen-bond acceptors (Lipinski definition) is 1. The molecule has 1 N–H and O–H groups in total. The second-order valence-electron chi connectivity index (χ2n) is 4.42. The Morgan fingerprint density at radius 1 is 1.28 bits per heavy atom. The van der Waals surface area contributed by atoms with Crippen LogP contribution in [-0.2, 0) is 6.54 Å². The molecule has 0 bridgehead atoms. The highest BCUT2D eigenvalue weighted by Crippen LogP contribution is 2.20. The van der Waals surface area contributed by atoms with E-state index in [2.05, 4.69) is 19.2 Å². The molecule has 1 aromatic rings. The van der Waals surface area contributed by atoms with Crippen LogP contribution in [0.15, 0.2) is 18.2 Å². The van der Waals surface area contributed by atoms with Gasteiger partial charge in [0.25, 0.3) is 0 Å². The van der Waals surface area contributed by atoms with E-state index in [4.69, 9.17) is 23.2 Å². The van der Waals surface area contributed by atoms with Gasteiger partial charge in [0, 0.05) is 29.1 Å². The topological polar surface area (TPSA) is 12.0 Å². The average molecular weight is 292 g/mol. The first-order valence-electron chi connectivity index (χ1n) is 6.37. The van der Waals surface area contributed by atoms with E-state index in [1.165, 1.54) is 6.07 Å². The highest BCUT2D eigenvalue weighted by molar-refractivity contribution is 6.31. The van der Waals surface area contributed by atoms with Crippen LogP contribution in [0.4, 0.5) is 4.39 Å². The smallest absolute Gasteiger partial charge is 0.129 e. The summed E-state index contributed by atoms with van der Waals surface area (Å²) >= 11 is 12.3. The first-order chi connectivity index (χ1) is 8.60. The van der Waals surface area contributed by atoms with Gasteiger partial charge in [-0.3, -0.25) is 0 Å². The number of benzene rings is 1. The summed E-state index contributed by atoms with van der Waals surface area (Å²) in [6, 6.07) is 4.72. The van der Waals surface area contributed by atoms with Crippen LogP contribution in [0.1, 0.15) is 32.3 Å². The molecule has 0 saturated heterocycles. The summed E-state index contributed by atoms with van der Waals surface area (Å²) in [6.07, 6.45) is 2.12. The van der Waals surface area contributed by atoms with Gasteiger partial charge in [-0.2, -0.15) is 0 Å². The van der Waals surface area contributed by atoms with Crippen LogP contribution in [0.2, 0.25) is 5.02 Å². The van der Waals surface area contributed by atoms with Crippen molar-refractivity contribution in [3.05, 3.63) is 34.6 Å². The van der Waals surface area contributed by atoms with Crippen molar-refractivity contribution < 1.29 is 4.39 Å². The number of halogens is 3. The summed E-state index contributed by atoms with van der Waals surface area (Å²) in [4.78, 5) is 0. The highest BCUT2D eigenvalue weighted by Gasteiger charge is 2.15. The third-order valence-electron chi connectivity index (χ3n) is 3.26. The molecule has 0 amide bonds. The lowest BCUT2D eigenvalue weighted by Crippen LogP contribution is -2.28. The first-order valence-corrected chi connectivity index (χ1v) is 7.19. The van der Waals surface area contributed by atoms with E-state index < -0.39 is 0 Å². The summed E-state index contributed by atoms with van der Waals surface area (Å²) in [5, 5.41) is 3.71. The van der Waals surface area contributed by atoms with Gasteiger partial charge in [0.15, 0.2) is 0 Å². The van der Waals surface area contributed by atoms with E-state index in [0.29, 0.717) is 29.6 Å². The van der Waals surface area contributed by atoms with Crippen molar-refractivity contribution in [1.29, 1.82) is 0 Å². The summed E-state index contributed by atoms with van der Waals surface area (Å²) < 4.78 is 13.5. The molecule has 1 unspecified atom stereocenters. The van der Waals surface area contributed by atoms with Crippen LogP contribution >= 0.6 is 23.2 Å². The number of hydrogen-bond donors (Lipinski definition) is 1. The SMILES string of the molecule is CCC(CC)C(Cl)CNCc1c(F)cccc1Cl. The molecule has 1 aromatic carbocycles. The van der Waals surface area contributed by atoms with E-state index in [1.807, 2.05) is 0 Å². The average Bonchev–Trinajstić information content (AvgIpc) is 2.34. The van der Waals surface area contributed by atoms with Gasteiger partial charge in [-0.15, -0.1) is 11.6 Å². The van der Waals surface area contributed by atoms with Gasteiger partial charge < -0.3 is 5.32 Å². The fourth-order valence-corrected chi connectivity index (χ4v) is 2.70. The van der Waals surface area contributed by atoms with E-state index in [1.54, 1.807) is 12.1 Å². The van der Waals surface area contributed by atoms with Gasteiger partial charge in [-0.1, -0.05) is 44.4 Å². The van der Waals surface area contributed by atoms with E-state index in [-0.39, 0.29) is 11.2 Å². The predicted octanol–water partition coefficient (Wildman–Crippen LogP) is 4.61. The minimum Gasteiger partial charge on any atom is -0.311 e. The van der Waals surface area contributed by atoms with Crippen molar-refractivity contribution in [3.8, 4) is 0 Å². The van der Waals surface area contributed by atoms with Gasteiger partial charge in [-0.05, 0) is 18.1 Å². The Kier molecular flexibility index (Phi) is 6.98. The molecule has 1 nitrogen and oxygen atoms in total. The normalized spacial score (nSPS) is 13.0. The standard InChI is InChI=1S/C14H20Cl2FN/c1-3-10(4-2)13(16)9-18-8-11-12(15)6-5-7-14(11)17/h5-7,10,13,18H,3-4,8-9H2,1-2H3. The molecular weight excluding hydrogens is 272 g/mol. The maximum absolute atomic E-state index is 13.5. The second kappa shape index (κ2) is 7.98. The van der Waals surface area contributed by atoms with E-state index >= 15 is 0 Å². The Labute approximate surface area is 119 Å². The lowest BCUT2D eigenvalue weighted by Gasteiger charge is -2.19. The molecule has 0 aliphatic heterocycles. The fraction of sp³-hybridized carbons (Fsp3) is 0.571. The zero-order valence-electron chi connectivity index (χ0n) is 10.8. The minimum absolute atomic E-state index is 0.0746. The molecule has 0 radical (unpaired) electrons. The molecule has 0 fully saturated rings. The molecule has 0 aromatic heterocycles. The van der Waals surface area contributed by atoms with Crippen LogP contribution in [0.5, 0.6) is 0 Å². The van der Waals surface area contributed by atoms with Gasteiger partial charge >= 0.3 is 0 Å². The Morgan fingerprint density at radius 2 is 1.94 bits per heavy atom. The van der Waals surface area contributed by atoms with Crippen molar-refractivity contribution in [1.82, 2.24) is 5.32 Å². The molecule has 0 aliphatic carbocycles. The number of nitrogens with one attached hydrogen (secondary N) is 1. The van der Waals surface area contributed by atoms with Crippen molar-refractivity contribution in [2.45, 2.75) is 38.6 Å². The Hall–Kier alpha value is -0.310. The summed E-state index contributed by atoms with van der Waals surface area (Å²) in [7, 11) is 0. The quantitative estimate of drug-likeness (QED) is 0.723. The Bertz CT molecular complexity index is 347. The van der Waals surface area contributed by atoms with Crippen molar-refractivity contribution in [2.24, 2.45) is 5.92 Å². The fourth-order valence-electron chi connectivity index (χ4n) is 2.00. The zero-order valence-corrected chi connectivity index (χ0v) is 12.4. The third-order valence-corrected chi connectivity index (χ3v) is 4.13. The first kappa shape index (κ1) is 15.7. The predicted molar refractivity (Wildman–Crippen MR) is 76.8 cm³/mol. The summed E-state index contributed by atoms with van der Waals surface area (Å²) in [5.41, 5.74) is 0.507. The van der Waals surface area contributed by atoms with Crippen molar-refractivity contribution in [3.63, 3.8) is 0 Å². The molecule has 18 heavy (non-hydrogen) atoms. The van der Waals surface area contributed by atoms with Crippen LogP contribution in [0.3, 0.4) is 0 Å². The van der Waals surface area contributed by atoms with Gasteiger partial charge in [0.2, 0.25) is 0 Å². The Balaban J connectivity index is 2.46. The number of rotatable bonds is 7. The third kappa shape index (κ3) is 4.42. The summed E-state index contributed by atoms with van der Waals surface area (Å²) in [5.74, 6) is 0.221. The van der Waals surface area contributed by atoms with Gasteiger partial charge in [-0.25, -0.2) is 4.39 Å². The lowest BCUT2D eigenvalue weighted by atomic mass is 9.99. The maximum Gasteiger partial charge on any atom is 0.129 e. The minimum atomic E-state index is -0.274. The largest absolute Gasteiger partial charge is 0.311 e. The zero-order chi connectivity index (χ0) is 13.5. The molecule has 0 spiro atoms. The van der Waals surface area contributed by atoms with Crippen LogP contribution in [-0.4, -0.2) is 11.9 Å². The van der Waals surface area contributed by atoms with Gasteiger partial charge in [0.05, 0.1) is 0 Å². The van der Waals surface area contributed by atoms with Crippen LogP contribution < -0.4 is 5.32 Å². The molecule has 1 atom stereocenters. The molecule has 0 heterocycles. The second-order valence-corrected chi connectivity index (χ2v) is 5.39.